The quantitative estimate of drug-likeness (QED) is 0.846. The van der Waals surface area contributed by atoms with Crippen molar-refractivity contribution in [2.24, 2.45) is 0 Å². The molecule has 0 bridgehead atoms. The summed E-state index contributed by atoms with van der Waals surface area (Å²) in [5, 5.41) is 6.42. The molecule has 1 amide bonds. The summed E-state index contributed by atoms with van der Waals surface area (Å²) in [7, 11) is 2.11. The van der Waals surface area contributed by atoms with Crippen LogP contribution in [-0.2, 0) is 6.42 Å². The lowest BCUT2D eigenvalue weighted by Gasteiger charge is -2.24. The average Bonchev–Trinajstić information content (AvgIpc) is 2.53. The number of nitrogens with zero attached hydrogens (tertiary/aromatic N) is 1. The molecule has 0 saturated carbocycles. The number of hydrogen-bond acceptors (Lipinski definition) is 3. The fraction of sp³-hybridized carbons (Fsp3) is 0.588. The van der Waals surface area contributed by atoms with Crippen molar-refractivity contribution in [1.29, 1.82) is 0 Å². The fourth-order valence-electron chi connectivity index (χ4n) is 2.70. The molecule has 2 rings (SSSR count). The van der Waals surface area contributed by atoms with Crippen LogP contribution < -0.4 is 10.6 Å². The molecule has 0 aliphatic carbocycles. The van der Waals surface area contributed by atoms with Gasteiger partial charge in [0.25, 0.3) is 5.91 Å². The van der Waals surface area contributed by atoms with E-state index in [1.807, 2.05) is 12.1 Å². The van der Waals surface area contributed by atoms with Crippen molar-refractivity contribution >= 4 is 11.6 Å². The zero-order valence-electron chi connectivity index (χ0n) is 13.4. The predicted octanol–water partition coefficient (Wildman–Crippen LogP) is 2.50. The molecule has 2 N–H and O–H groups in total. The van der Waals surface area contributed by atoms with Crippen LogP contribution >= 0.6 is 0 Å². The first kappa shape index (κ1) is 15.8. The van der Waals surface area contributed by atoms with E-state index in [0.717, 1.165) is 49.2 Å². The number of nitrogens with one attached hydrogen (secondary N) is 2. The number of carbonyl (C=O) groups is 1. The molecule has 1 atom stereocenters. The summed E-state index contributed by atoms with van der Waals surface area (Å²) >= 11 is 0. The Labute approximate surface area is 127 Å². The predicted molar refractivity (Wildman–Crippen MR) is 88.0 cm³/mol. The second-order valence-corrected chi connectivity index (χ2v) is 5.86. The Bertz CT molecular complexity index is 487. The molecule has 1 aromatic rings. The number of fused-ring (bicyclic) bond motifs is 1. The second-order valence-electron chi connectivity index (χ2n) is 5.86. The summed E-state index contributed by atoms with van der Waals surface area (Å²) in [5.41, 5.74) is 3.10. The van der Waals surface area contributed by atoms with Crippen molar-refractivity contribution in [1.82, 2.24) is 10.2 Å². The van der Waals surface area contributed by atoms with E-state index in [4.69, 9.17) is 0 Å². The Balaban J connectivity index is 1.92. The monoisotopic (exact) mass is 289 g/mol. The maximum atomic E-state index is 12.4. The van der Waals surface area contributed by atoms with Crippen LogP contribution in [0.5, 0.6) is 0 Å². The van der Waals surface area contributed by atoms with Crippen LogP contribution in [0.25, 0.3) is 0 Å². The third-order valence-electron chi connectivity index (χ3n) is 4.43. The van der Waals surface area contributed by atoms with Gasteiger partial charge >= 0.3 is 0 Å². The first-order valence-corrected chi connectivity index (χ1v) is 7.97. The van der Waals surface area contributed by atoms with E-state index in [0.29, 0.717) is 12.6 Å². The third-order valence-corrected chi connectivity index (χ3v) is 4.43. The molecule has 1 aliphatic rings. The number of rotatable bonds is 6. The number of likely N-dealkylation sites (N-methyl/N-ethyl adjacent to an activating group) is 1. The van der Waals surface area contributed by atoms with Gasteiger partial charge in [0.05, 0.1) is 0 Å². The zero-order chi connectivity index (χ0) is 15.2. The van der Waals surface area contributed by atoms with Crippen LogP contribution in [0.15, 0.2) is 18.2 Å². The van der Waals surface area contributed by atoms with Crippen LogP contribution in [0.3, 0.4) is 0 Å². The van der Waals surface area contributed by atoms with Crippen molar-refractivity contribution in [3.8, 4) is 0 Å². The normalized spacial score (nSPS) is 15.2. The fourth-order valence-corrected chi connectivity index (χ4v) is 2.70. The van der Waals surface area contributed by atoms with E-state index in [1.165, 1.54) is 0 Å². The maximum Gasteiger partial charge on any atom is 0.251 e. The van der Waals surface area contributed by atoms with Crippen molar-refractivity contribution < 1.29 is 4.79 Å². The molecule has 4 nitrogen and oxygen atoms in total. The third kappa shape index (κ3) is 3.97. The highest BCUT2D eigenvalue weighted by molar-refractivity contribution is 5.97. The first-order chi connectivity index (χ1) is 10.1. The lowest BCUT2D eigenvalue weighted by Crippen LogP contribution is -2.37. The van der Waals surface area contributed by atoms with E-state index in [-0.39, 0.29) is 5.91 Å². The van der Waals surface area contributed by atoms with E-state index in [9.17, 15) is 4.79 Å². The van der Waals surface area contributed by atoms with Crippen LogP contribution in [-0.4, -0.2) is 43.5 Å². The molecule has 21 heavy (non-hydrogen) atoms. The summed E-state index contributed by atoms with van der Waals surface area (Å²) in [6.45, 7) is 6.96. The van der Waals surface area contributed by atoms with Gasteiger partial charge in [-0.15, -0.1) is 0 Å². The molecule has 116 valence electrons. The Kier molecular flexibility index (Phi) is 5.62. The van der Waals surface area contributed by atoms with Crippen LogP contribution in [0.4, 0.5) is 5.69 Å². The molecule has 0 fully saturated rings. The van der Waals surface area contributed by atoms with E-state index in [1.54, 1.807) is 0 Å². The summed E-state index contributed by atoms with van der Waals surface area (Å²) < 4.78 is 0. The Morgan fingerprint density at radius 1 is 1.48 bits per heavy atom. The van der Waals surface area contributed by atoms with Gasteiger partial charge in [-0.1, -0.05) is 13.0 Å². The van der Waals surface area contributed by atoms with Gasteiger partial charge in [-0.05, 0) is 50.9 Å². The number of hydrogen-bond donors (Lipinski definition) is 2. The van der Waals surface area contributed by atoms with Gasteiger partial charge in [-0.2, -0.15) is 0 Å². The summed E-state index contributed by atoms with van der Waals surface area (Å²) in [5.74, 6) is 0.0492. The number of amides is 1. The van der Waals surface area contributed by atoms with Crippen molar-refractivity contribution in [2.45, 2.75) is 39.2 Å². The molecule has 1 heterocycles. The molecule has 0 spiro atoms. The highest BCUT2D eigenvalue weighted by Gasteiger charge is 2.17. The molecule has 4 heteroatoms. The number of carbonyl (C=O) groups excluding carboxylic acids is 1. The van der Waals surface area contributed by atoms with Crippen LogP contribution in [0.2, 0.25) is 0 Å². The van der Waals surface area contributed by atoms with Crippen molar-refractivity contribution in [2.75, 3.05) is 32.0 Å². The van der Waals surface area contributed by atoms with E-state index >= 15 is 0 Å². The topological polar surface area (TPSA) is 44.4 Å². The number of anilines is 1. The largest absolute Gasteiger partial charge is 0.385 e. The molecule has 1 aliphatic heterocycles. The second kappa shape index (κ2) is 7.46. The van der Waals surface area contributed by atoms with Gasteiger partial charge < -0.3 is 15.5 Å². The smallest absolute Gasteiger partial charge is 0.251 e. The SMILES string of the molecule is CCC(C)N(C)CCNC(=O)c1cccc2c1CCCN2. The first-order valence-electron chi connectivity index (χ1n) is 7.97. The Morgan fingerprint density at radius 3 is 3.05 bits per heavy atom. The lowest BCUT2D eigenvalue weighted by atomic mass is 9.97. The standard InChI is InChI=1S/C17H27N3O/c1-4-13(2)20(3)12-11-19-17(21)15-7-5-9-16-14(15)8-6-10-18-16/h5,7,9,13,18H,4,6,8,10-12H2,1-3H3,(H,19,21). The van der Waals surface area contributed by atoms with Crippen LogP contribution in [0.1, 0.15) is 42.6 Å². The van der Waals surface area contributed by atoms with Gasteiger partial charge in [0.1, 0.15) is 0 Å². The maximum absolute atomic E-state index is 12.4. The highest BCUT2D eigenvalue weighted by atomic mass is 16.1. The summed E-state index contributed by atoms with van der Waals surface area (Å²) in [4.78, 5) is 14.7. The van der Waals surface area contributed by atoms with Crippen molar-refractivity contribution in [3.63, 3.8) is 0 Å². The van der Waals surface area contributed by atoms with E-state index < -0.39 is 0 Å². The van der Waals surface area contributed by atoms with Crippen molar-refractivity contribution in [3.05, 3.63) is 29.3 Å². The van der Waals surface area contributed by atoms with Gasteiger partial charge in [0.2, 0.25) is 0 Å². The minimum absolute atomic E-state index is 0.0492. The molecular weight excluding hydrogens is 262 g/mol. The van der Waals surface area contributed by atoms with Crippen LogP contribution in [0, 0.1) is 0 Å². The lowest BCUT2D eigenvalue weighted by molar-refractivity contribution is 0.0946. The molecule has 1 unspecified atom stereocenters. The summed E-state index contributed by atoms with van der Waals surface area (Å²) in [6, 6.07) is 6.49. The minimum atomic E-state index is 0.0492. The molecular formula is C17H27N3O. The Morgan fingerprint density at radius 2 is 2.29 bits per heavy atom. The molecule has 1 aromatic carbocycles. The summed E-state index contributed by atoms with van der Waals surface area (Å²) in [6.07, 6.45) is 3.20. The van der Waals surface area contributed by atoms with Gasteiger partial charge in [0.15, 0.2) is 0 Å². The van der Waals surface area contributed by atoms with Gasteiger partial charge in [-0.25, -0.2) is 0 Å². The van der Waals surface area contributed by atoms with E-state index in [2.05, 4.69) is 42.5 Å². The molecule has 0 radical (unpaired) electrons. The average molecular weight is 289 g/mol. The molecule has 0 saturated heterocycles. The zero-order valence-corrected chi connectivity index (χ0v) is 13.4. The highest BCUT2D eigenvalue weighted by Crippen LogP contribution is 2.25. The van der Waals surface area contributed by atoms with Gasteiger partial charge in [0, 0.05) is 36.9 Å². The Hall–Kier alpha value is -1.55. The number of benzene rings is 1. The molecule has 0 aromatic heterocycles. The minimum Gasteiger partial charge on any atom is -0.385 e. The van der Waals surface area contributed by atoms with Gasteiger partial charge in [-0.3, -0.25) is 4.79 Å².